The minimum Gasteiger partial charge on any atom is -0.458 e. The lowest BCUT2D eigenvalue weighted by molar-refractivity contribution is -0.156. The van der Waals surface area contributed by atoms with E-state index in [-0.39, 0.29) is 24.9 Å². The van der Waals surface area contributed by atoms with Gasteiger partial charge in [-0.05, 0) is 55.9 Å². The Bertz CT molecular complexity index is 992. The molecule has 0 heterocycles. The van der Waals surface area contributed by atoms with Crippen LogP contribution in [-0.4, -0.2) is 64.7 Å². The topological polar surface area (TPSA) is 105 Å². The summed E-state index contributed by atoms with van der Waals surface area (Å²) in [7, 11) is 0. The molecular weight excluding hydrogens is 490 g/mol. The molecule has 7 nitrogen and oxygen atoms in total. The van der Waals surface area contributed by atoms with Crippen LogP contribution in [-0.2, 0) is 14.3 Å². The monoisotopic (exact) mass is 529 g/mol. The predicted molar refractivity (Wildman–Crippen MR) is 147 cm³/mol. The van der Waals surface area contributed by atoms with Crippen molar-refractivity contribution in [1.82, 2.24) is 5.32 Å². The second-order valence-corrected chi connectivity index (χ2v) is 11.4. The number of aliphatic hydroxyl groups excluding tert-OH is 2. The van der Waals surface area contributed by atoms with E-state index >= 15 is 0 Å². The summed E-state index contributed by atoms with van der Waals surface area (Å²) in [5.41, 5.74) is 3.82. The van der Waals surface area contributed by atoms with Crippen molar-refractivity contribution in [2.75, 3.05) is 24.7 Å². The Balaban J connectivity index is 1.57. The standard InChI is InChI=1S/C29H39NO6S/c1-29(2,3)36-27(33)26(19-37-18-20(32)11-5-4-10-16-31)30-28(34)35-17-25-23-14-8-6-12-21(23)22-13-7-9-15-24(22)25/h6-9,12-15,20,25-26,31-32H,4-5,10-11,16-19H2,1-3H3,(H,30,34)/t20-,26+/m1/s1. The number of fused-ring (bicyclic) bond motifs is 3. The number of hydrogen-bond acceptors (Lipinski definition) is 7. The van der Waals surface area contributed by atoms with Gasteiger partial charge in [-0.25, -0.2) is 9.59 Å². The number of unbranched alkanes of at least 4 members (excludes halogenated alkanes) is 2. The number of benzene rings is 2. The molecule has 2 atom stereocenters. The number of hydrogen-bond donors (Lipinski definition) is 3. The molecular formula is C29H39NO6S. The quantitative estimate of drug-likeness (QED) is 0.251. The molecule has 0 spiro atoms. The Morgan fingerprint density at radius 1 is 0.973 bits per heavy atom. The molecule has 3 N–H and O–H groups in total. The van der Waals surface area contributed by atoms with Gasteiger partial charge in [-0.3, -0.25) is 0 Å². The first-order valence-electron chi connectivity index (χ1n) is 12.9. The van der Waals surface area contributed by atoms with Crippen LogP contribution in [0.5, 0.6) is 0 Å². The van der Waals surface area contributed by atoms with Crippen molar-refractivity contribution in [3.8, 4) is 11.1 Å². The van der Waals surface area contributed by atoms with Crippen molar-refractivity contribution in [2.45, 2.75) is 70.1 Å². The number of aliphatic hydroxyl groups is 2. The highest BCUT2D eigenvalue weighted by molar-refractivity contribution is 7.99. The summed E-state index contributed by atoms with van der Waals surface area (Å²) < 4.78 is 11.1. The van der Waals surface area contributed by atoms with Crippen LogP contribution in [0.15, 0.2) is 48.5 Å². The van der Waals surface area contributed by atoms with Gasteiger partial charge in [0.15, 0.2) is 0 Å². The number of rotatable bonds is 13. The molecule has 0 aliphatic heterocycles. The van der Waals surface area contributed by atoms with E-state index in [1.54, 1.807) is 20.8 Å². The number of carbonyl (C=O) groups excluding carboxylic acids is 2. The molecule has 0 bridgehead atoms. The summed E-state index contributed by atoms with van der Waals surface area (Å²) in [6.07, 6.45) is 1.85. The number of carbonyl (C=O) groups is 2. The zero-order chi connectivity index (χ0) is 26.8. The molecule has 2 aromatic rings. The molecule has 0 saturated heterocycles. The third-order valence-corrected chi connectivity index (χ3v) is 7.31. The van der Waals surface area contributed by atoms with Crippen LogP contribution in [0.25, 0.3) is 11.1 Å². The summed E-state index contributed by atoms with van der Waals surface area (Å²) in [6.45, 7) is 5.64. The van der Waals surface area contributed by atoms with Gasteiger partial charge < -0.3 is 25.0 Å². The molecule has 0 radical (unpaired) electrons. The SMILES string of the molecule is CC(C)(C)OC(=O)[C@H](CSC[C@H](O)CCCCCO)NC(=O)OCC1c2ccccc2-c2ccccc21. The zero-order valence-electron chi connectivity index (χ0n) is 21.9. The van der Waals surface area contributed by atoms with E-state index in [1.165, 1.54) is 11.8 Å². The van der Waals surface area contributed by atoms with Crippen LogP contribution in [0.1, 0.15) is 63.5 Å². The first-order valence-corrected chi connectivity index (χ1v) is 14.1. The Morgan fingerprint density at radius 3 is 2.19 bits per heavy atom. The molecule has 37 heavy (non-hydrogen) atoms. The molecule has 3 rings (SSSR count). The molecule has 1 aliphatic rings. The van der Waals surface area contributed by atoms with Crippen LogP contribution in [0.4, 0.5) is 4.79 Å². The molecule has 202 valence electrons. The van der Waals surface area contributed by atoms with Crippen molar-refractivity contribution in [2.24, 2.45) is 0 Å². The lowest BCUT2D eigenvalue weighted by atomic mass is 9.98. The fraction of sp³-hybridized carbons (Fsp3) is 0.517. The fourth-order valence-electron chi connectivity index (χ4n) is 4.40. The highest BCUT2D eigenvalue weighted by Crippen LogP contribution is 2.44. The summed E-state index contributed by atoms with van der Waals surface area (Å²) in [5.74, 6) is 0.0804. The van der Waals surface area contributed by atoms with Crippen molar-refractivity contribution >= 4 is 23.8 Å². The highest BCUT2D eigenvalue weighted by atomic mass is 32.2. The fourth-order valence-corrected chi connectivity index (χ4v) is 5.43. The third-order valence-electron chi connectivity index (χ3n) is 6.12. The Hall–Kier alpha value is -2.55. The Kier molecular flexibility index (Phi) is 10.9. The summed E-state index contributed by atoms with van der Waals surface area (Å²) in [6, 6.07) is 15.3. The minimum absolute atomic E-state index is 0.0755. The summed E-state index contributed by atoms with van der Waals surface area (Å²) in [4.78, 5) is 25.6. The van der Waals surface area contributed by atoms with E-state index in [2.05, 4.69) is 29.6 Å². The number of alkyl carbamates (subject to hydrolysis) is 1. The van der Waals surface area contributed by atoms with E-state index < -0.39 is 29.8 Å². The second kappa shape index (κ2) is 13.8. The van der Waals surface area contributed by atoms with Gasteiger partial charge >= 0.3 is 12.1 Å². The first kappa shape index (κ1) is 29.0. The number of esters is 1. The van der Waals surface area contributed by atoms with Gasteiger partial charge in [-0.1, -0.05) is 61.4 Å². The molecule has 2 aromatic carbocycles. The van der Waals surface area contributed by atoms with Crippen LogP contribution >= 0.6 is 11.8 Å². The van der Waals surface area contributed by atoms with Gasteiger partial charge in [0.25, 0.3) is 0 Å². The van der Waals surface area contributed by atoms with Gasteiger partial charge in [-0.15, -0.1) is 0 Å². The molecule has 1 aliphatic carbocycles. The molecule has 0 aromatic heterocycles. The van der Waals surface area contributed by atoms with Crippen molar-refractivity contribution in [3.05, 3.63) is 59.7 Å². The second-order valence-electron chi connectivity index (χ2n) is 10.3. The van der Waals surface area contributed by atoms with Crippen LogP contribution in [0.2, 0.25) is 0 Å². The van der Waals surface area contributed by atoms with Crippen molar-refractivity contribution < 1.29 is 29.3 Å². The smallest absolute Gasteiger partial charge is 0.407 e. The molecule has 8 heteroatoms. The molecule has 0 fully saturated rings. The minimum atomic E-state index is -0.901. The van der Waals surface area contributed by atoms with Crippen molar-refractivity contribution in [1.29, 1.82) is 0 Å². The average Bonchev–Trinajstić information content (AvgIpc) is 3.17. The molecule has 0 unspecified atom stereocenters. The Labute approximate surface area is 223 Å². The average molecular weight is 530 g/mol. The molecule has 0 saturated carbocycles. The maximum atomic E-state index is 12.8. The lowest BCUT2D eigenvalue weighted by Gasteiger charge is -2.25. The van der Waals surface area contributed by atoms with Gasteiger partial charge in [0.2, 0.25) is 0 Å². The van der Waals surface area contributed by atoms with Crippen molar-refractivity contribution in [3.63, 3.8) is 0 Å². The Morgan fingerprint density at radius 2 is 1.59 bits per heavy atom. The number of thioether (sulfide) groups is 1. The molecule has 1 amide bonds. The van der Waals surface area contributed by atoms with E-state index in [0.717, 1.165) is 41.5 Å². The van der Waals surface area contributed by atoms with Crippen LogP contribution in [0, 0.1) is 0 Å². The van der Waals surface area contributed by atoms with Crippen LogP contribution < -0.4 is 5.32 Å². The zero-order valence-corrected chi connectivity index (χ0v) is 22.8. The lowest BCUT2D eigenvalue weighted by Crippen LogP contribution is -2.46. The van der Waals surface area contributed by atoms with Gasteiger partial charge in [0.05, 0.1) is 6.10 Å². The maximum absolute atomic E-state index is 12.8. The highest BCUT2D eigenvalue weighted by Gasteiger charge is 2.31. The van der Waals surface area contributed by atoms with Crippen LogP contribution in [0.3, 0.4) is 0 Å². The predicted octanol–water partition coefficient (Wildman–Crippen LogP) is 4.88. The van der Waals surface area contributed by atoms with E-state index in [9.17, 15) is 14.7 Å². The van der Waals surface area contributed by atoms with Gasteiger partial charge in [0, 0.05) is 24.0 Å². The number of nitrogens with one attached hydrogen (secondary N) is 1. The number of ether oxygens (including phenoxy) is 2. The van der Waals surface area contributed by atoms with E-state index in [0.29, 0.717) is 12.2 Å². The number of amides is 1. The van der Waals surface area contributed by atoms with Gasteiger partial charge in [-0.2, -0.15) is 11.8 Å². The maximum Gasteiger partial charge on any atom is 0.407 e. The summed E-state index contributed by atoms with van der Waals surface area (Å²) >= 11 is 1.38. The largest absolute Gasteiger partial charge is 0.458 e. The summed E-state index contributed by atoms with van der Waals surface area (Å²) in [5, 5.41) is 21.8. The van der Waals surface area contributed by atoms with E-state index in [1.807, 2.05) is 24.3 Å². The third kappa shape index (κ3) is 8.76. The van der Waals surface area contributed by atoms with Gasteiger partial charge in [0.1, 0.15) is 18.2 Å². The normalized spacial score (nSPS) is 14.4. The first-order chi connectivity index (χ1) is 17.7. The van der Waals surface area contributed by atoms with E-state index in [4.69, 9.17) is 14.6 Å².